The highest BCUT2D eigenvalue weighted by Gasteiger charge is 2.09. The largest absolute Gasteiger partial charge is 0.456 e. The molecule has 0 aromatic heterocycles. The van der Waals surface area contributed by atoms with Crippen molar-refractivity contribution < 1.29 is 4.74 Å². The Kier molecular flexibility index (Phi) is 4.48. The van der Waals surface area contributed by atoms with Crippen LogP contribution in [0, 0.1) is 0 Å². The summed E-state index contributed by atoms with van der Waals surface area (Å²) in [6.45, 7) is 0. The smallest absolute Gasteiger partial charge is 0.141 e. The summed E-state index contributed by atoms with van der Waals surface area (Å²) in [4.78, 5) is 0. The highest BCUT2D eigenvalue weighted by molar-refractivity contribution is 9.10. The van der Waals surface area contributed by atoms with E-state index < -0.39 is 0 Å². The van der Waals surface area contributed by atoms with Gasteiger partial charge >= 0.3 is 0 Å². The van der Waals surface area contributed by atoms with Crippen LogP contribution in [0.15, 0.2) is 46.9 Å². The van der Waals surface area contributed by atoms with Gasteiger partial charge in [-0.2, -0.15) is 0 Å². The van der Waals surface area contributed by atoms with E-state index in [0.717, 1.165) is 21.5 Å². The fourth-order valence-corrected chi connectivity index (χ4v) is 2.75. The normalized spacial score (nSPS) is 10.3. The van der Waals surface area contributed by atoms with E-state index >= 15 is 0 Å². The molecule has 0 saturated heterocycles. The maximum Gasteiger partial charge on any atom is 0.141 e. The van der Waals surface area contributed by atoms with Gasteiger partial charge < -0.3 is 4.74 Å². The second kappa shape index (κ2) is 5.89. The third kappa shape index (κ3) is 3.03. The van der Waals surface area contributed by atoms with Gasteiger partial charge in [-0.05, 0) is 40.2 Å². The van der Waals surface area contributed by atoms with Crippen molar-refractivity contribution in [2.24, 2.45) is 0 Å². The molecule has 0 unspecified atom stereocenters. The molecule has 0 aliphatic carbocycles. The summed E-state index contributed by atoms with van der Waals surface area (Å²) in [5, 5.41) is 1.36. The zero-order valence-corrected chi connectivity index (χ0v) is 12.7. The molecular weight excluding hydrogens is 367 g/mol. The topological polar surface area (TPSA) is 9.23 Å². The van der Waals surface area contributed by atoms with Crippen molar-refractivity contribution in [1.29, 1.82) is 0 Å². The summed E-state index contributed by atoms with van der Waals surface area (Å²) < 4.78 is 6.77. The first kappa shape index (κ1) is 12.9. The molecule has 17 heavy (non-hydrogen) atoms. The van der Waals surface area contributed by atoms with Crippen LogP contribution in [-0.4, -0.2) is 0 Å². The van der Waals surface area contributed by atoms with Crippen LogP contribution in [0.3, 0.4) is 0 Å². The van der Waals surface area contributed by atoms with Crippen LogP contribution in [0.5, 0.6) is 11.5 Å². The molecule has 0 aliphatic heterocycles. The number of hydrogen-bond acceptors (Lipinski definition) is 1. The fraction of sp³-hybridized carbons (Fsp3) is 0.0769. The van der Waals surface area contributed by atoms with Gasteiger partial charge in [0.15, 0.2) is 0 Å². The molecular formula is C13H9Br2ClO. The molecule has 0 fully saturated rings. The predicted molar refractivity (Wildman–Crippen MR) is 78.3 cm³/mol. The lowest BCUT2D eigenvalue weighted by molar-refractivity contribution is 0.475. The van der Waals surface area contributed by atoms with E-state index in [1.807, 2.05) is 42.5 Å². The fourth-order valence-electron chi connectivity index (χ4n) is 1.41. The van der Waals surface area contributed by atoms with Crippen LogP contribution >= 0.6 is 43.5 Å². The average Bonchev–Trinajstić information content (AvgIpc) is 2.32. The number of rotatable bonds is 3. The molecule has 0 bridgehead atoms. The van der Waals surface area contributed by atoms with E-state index in [1.165, 1.54) is 0 Å². The van der Waals surface area contributed by atoms with Gasteiger partial charge in [-0.15, -0.1) is 0 Å². The molecule has 2 aromatic rings. The SMILES string of the molecule is Clc1cccc(Oc2ccccc2Br)c1CBr. The second-order valence-corrected chi connectivity index (χ2v) is 5.20. The van der Waals surface area contributed by atoms with E-state index in [0.29, 0.717) is 10.4 Å². The zero-order valence-electron chi connectivity index (χ0n) is 8.79. The van der Waals surface area contributed by atoms with Gasteiger partial charge in [0, 0.05) is 15.9 Å². The minimum absolute atomic E-state index is 0.659. The van der Waals surface area contributed by atoms with Crippen LogP contribution < -0.4 is 4.74 Å². The van der Waals surface area contributed by atoms with Crippen LogP contribution in [0.25, 0.3) is 0 Å². The molecule has 0 saturated carbocycles. The Morgan fingerprint density at radius 1 is 1.00 bits per heavy atom. The summed E-state index contributed by atoms with van der Waals surface area (Å²) in [5.74, 6) is 1.54. The number of para-hydroxylation sites is 1. The molecule has 88 valence electrons. The second-order valence-electron chi connectivity index (χ2n) is 3.38. The molecule has 4 heteroatoms. The molecule has 2 rings (SSSR count). The number of alkyl halides is 1. The predicted octanol–water partition coefficient (Wildman–Crippen LogP) is 5.79. The van der Waals surface area contributed by atoms with E-state index in [-0.39, 0.29) is 0 Å². The Hall–Kier alpha value is -0.510. The van der Waals surface area contributed by atoms with Crippen molar-refractivity contribution in [3.05, 3.63) is 57.5 Å². The summed E-state index contributed by atoms with van der Waals surface area (Å²) in [6, 6.07) is 13.4. The van der Waals surface area contributed by atoms with Gasteiger partial charge in [0.25, 0.3) is 0 Å². The number of hydrogen-bond donors (Lipinski definition) is 0. The van der Waals surface area contributed by atoms with Crippen molar-refractivity contribution in [2.45, 2.75) is 5.33 Å². The van der Waals surface area contributed by atoms with E-state index in [2.05, 4.69) is 31.9 Å². The highest BCUT2D eigenvalue weighted by atomic mass is 79.9. The minimum Gasteiger partial charge on any atom is -0.456 e. The Morgan fingerprint density at radius 2 is 1.71 bits per heavy atom. The molecule has 1 nitrogen and oxygen atoms in total. The van der Waals surface area contributed by atoms with Gasteiger partial charge in [-0.3, -0.25) is 0 Å². The van der Waals surface area contributed by atoms with Crippen molar-refractivity contribution in [1.82, 2.24) is 0 Å². The lowest BCUT2D eigenvalue weighted by Gasteiger charge is -2.11. The average molecular weight is 376 g/mol. The first-order chi connectivity index (χ1) is 8.22. The van der Waals surface area contributed by atoms with Crippen molar-refractivity contribution in [2.75, 3.05) is 0 Å². The third-order valence-electron chi connectivity index (χ3n) is 2.27. The minimum atomic E-state index is 0.659. The van der Waals surface area contributed by atoms with E-state index in [9.17, 15) is 0 Å². The lowest BCUT2D eigenvalue weighted by Crippen LogP contribution is -1.91. The maximum absolute atomic E-state index is 6.11. The molecule has 0 amide bonds. The third-order valence-corrected chi connectivity index (χ3v) is 3.84. The van der Waals surface area contributed by atoms with E-state index in [1.54, 1.807) is 0 Å². The standard InChI is InChI=1S/C13H9Br2ClO/c14-8-9-11(16)5-3-7-12(9)17-13-6-2-1-4-10(13)15/h1-7H,8H2. The molecule has 0 N–H and O–H groups in total. The van der Waals surface area contributed by atoms with Crippen molar-refractivity contribution in [3.8, 4) is 11.5 Å². The number of ether oxygens (including phenoxy) is 1. The quantitative estimate of drug-likeness (QED) is 0.616. The Bertz CT molecular complexity index is 529. The number of halogens is 3. The van der Waals surface area contributed by atoms with E-state index in [4.69, 9.17) is 16.3 Å². The Balaban J connectivity index is 2.37. The van der Waals surface area contributed by atoms with Gasteiger partial charge in [0.05, 0.1) is 4.47 Å². The zero-order chi connectivity index (χ0) is 12.3. The number of benzene rings is 2. The summed E-state index contributed by atoms with van der Waals surface area (Å²) in [5.41, 5.74) is 0.949. The first-order valence-corrected chi connectivity index (χ1v) is 7.27. The highest BCUT2D eigenvalue weighted by Crippen LogP contribution is 2.34. The molecule has 0 atom stereocenters. The van der Waals surface area contributed by atoms with Gasteiger partial charge in [0.2, 0.25) is 0 Å². The van der Waals surface area contributed by atoms with Gasteiger partial charge in [-0.25, -0.2) is 0 Å². The summed E-state index contributed by atoms with van der Waals surface area (Å²) in [7, 11) is 0. The van der Waals surface area contributed by atoms with Crippen LogP contribution in [0.1, 0.15) is 5.56 Å². The molecule has 0 radical (unpaired) electrons. The molecule has 2 aromatic carbocycles. The van der Waals surface area contributed by atoms with Crippen LogP contribution in [-0.2, 0) is 5.33 Å². The maximum atomic E-state index is 6.11. The molecule has 0 aliphatic rings. The lowest BCUT2D eigenvalue weighted by atomic mass is 10.2. The van der Waals surface area contributed by atoms with Crippen LogP contribution in [0.2, 0.25) is 5.02 Å². The Labute approximate surface area is 122 Å². The molecule has 0 spiro atoms. The summed E-state index contributed by atoms with van der Waals surface area (Å²) in [6.07, 6.45) is 0. The van der Waals surface area contributed by atoms with Crippen molar-refractivity contribution >= 4 is 43.5 Å². The van der Waals surface area contributed by atoms with Gasteiger partial charge in [-0.1, -0.05) is 45.7 Å². The molecule has 0 heterocycles. The first-order valence-electron chi connectivity index (χ1n) is 4.98. The Morgan fingerprint density at radius 3 is 2.41 bits per heavy atom. The monoisotopic (exact) mass is 374 g/mol. The van der Waals surface area contributed by atoms with Gasteiger partial charge in [0.1, 0.15) is 11.5 Å². The van der Waals surface area contributed by atoms with Crippen LogP contribution in [0.4, 0.5) is 0 Å². The van der Waals surface area contributed by atoms with Crippen molar-refractivity contribution in [3.63, 3.8) is 0 Å². The summed E-state index contributed by atoms with van der Waals surface area (Å²) >= 11 is 13.0.